The molecule has 7 heteroatoms. The van der Waals surface area contributed by atoms with Crippen LogP contribution in [-0.2, 0) is 22.4 Å². The van der Waals surface area contributed by atoms with Gasteiger partial charge in [0.15, 0.2) is 12.4 Å². The first-order valence-electron chi connectivity index (χ1n) is 12.9. The predicted octanol–water partition coefficient (Wildman–Crippen LogP) is 6.53. The third-order valence-corrected chi connectivity index (χ3v) is 7.61. The highest BCUT2D eigenvalue weighted by Crippen LogP contribution is 2.39. The zero-order chi connectivity index (χ0) is 26.2. The first-order valence-corrected chi connectivity index (χ1v) is 13.7. The van der Waals surface area contributed by atoms with Crippen LogP contribution in [0.15, 0.2) is 48.5 Å². The van der Waals surface area contributed by atoms with Gasteiger partial charge in [-0.15, -0.1) is 11.3 Å². The zero-order valence-corrected chi connectivity index (χ0v) is 22.2. The molecule has 0 aliphatic heterocycles. The number of fused-ring (bicyclic) bond motifs is 1. The van der Waals surface area contributed by atoms with E-state index in [0.717, 1.165) is 60.9 Å². The van der Waals surface area contributed by atoms with Gasteiger partial charge in [-0.3, -0.25) is 9.59 Å². The summed E-state index contributed by atoms with van der Waals surface area (Å²) in [5.41, 5.74) is 3.62. The number of carbonyl (C=O) groups excluding carboxylic acids is 3. The Labute approximate surface area is 222 Å². The molecule has 0 unspecified atom stereocenters. The third kappa shape index (κ3) is 6.86. The fourth-order valence-corrected chi connectivity index (χ4v) is 5.65. The number of thiophene rings is 1. The lowest BCUT2D eigenvalue weighted by atomic mass is 9.91. The summed E-state index contributed by atoms with van der Waals surface area (Å²) in [4.78, 5) is 39.8. The molecule has 0 bridgehead atoms. The Balaban J connectivity index is 1.39. The highest BCUT2D eigenvalue weighted by atomic mass is 32.1. The Morgan fingerprint density at radius 1 is 0.919 bits per heavy atom. The molecule has 4 rings (SSSR count). The minimum Gasteiger partial charge on any atom is -0.494 e. The standard InChI is InChI=1S/C30H33NO5S/c1-3-4-7-18-35-23-16-14-22(15-17-23)30(34)36-19-26(32)31-29-27(24-8-5-6-9-25(24)37-29)28(33)21-12-10-20(2)11-13-21/h10-17H,3-9,18-19H2,1-2H3,(H,31,32). The zero-order valence-electron chi connectivity index (χ0n) is 21.4. The van der Waals surface area contributed by atoms with Crippen molar-refractivity contribution in [3.63, 3.8) is 0 Å². The van der Waals surface area contributed by atoms with E-state index in [1.165, 1.54) is 11.3 Å². The first kappa shape index (κ1) is 26.6. The maximum absolute atomic E-state index is 13.4. The number of ketones is 1. The molecule has 194 valence electrons. The van der Waals surface area contributed by atoms with Crippen LogP contribution in [-0.4, -0.2) is 30.9 Å². The second-order valence-electron chi connectivity index (χ2n) is 9.31. The average molecular weight is 520 g/mol. The molecule has 1 aliphatic rings. The van der Waals surface area contributed by atoms with Crippen LogP contribution in [0.2, 0.25) is 0 Å². The van der Waals surface area contributed by atoms with E-state index in [-0.39, 0.29) is 5.78 Å². The molecular weight excluding hydrogens is 486 g/mol. The molecule has 1 N–H and O–H groups in total. The number of benzene rings is 2. The van der Waals surface area contributed by atoms with Crippen molar-refractivity contribution in [1.82, 2.24) is 0 Å². The number of esters is 1. The lowest BCUT2D eigenvalue weighted by Crippen LogP contribution is -2.21. The van der Waals surface area contributed by atoms with Crippen molar-refractivity contribution in [2.75, 3.05) is 18.5 Å². The minimum absolute atomic E-state index is 0.0938. The molecule has 6 nitrogen and oxygen atoms in total. The fraction of sp³-hybridized carbons (Fsp3) is 0.367. The van der Waals surface area contributed by atoms with Gasteiger partial charge >= 0.3 is 5.97 Å². The van der Waals surface area contributed by atoms with E-state index in [9.17, 15) is 14.4 Å². The van der Waals surface area contributed by atoms with E-state index in [0.29, 0.717) is 34.0 Å². The van der Waals surface area contributed by atoms with Crippen molar-refractivity contribution < 1.29 is 23.9 Å². The minimum atomic E-state index is -0.589. The van der Waals surface area contributed by atoms with Crippen LogP contribution in [0.25, 0.3) is 0 Å². The van der Waals surface area contributed by atoms with Crippen LogP contribution in [0.4, 0.5) is 5.00 Å². The Hall–Kier alpha value is -3.45. The van der Waals surface area contributed by atoms with E-state index in [4.69, 9.17) is 9.47 Å². The topological polar surface area (TPSA) is 81.7 Å². The molecule has 1 aromatic heterocycles. The molecule has 0 atom stereocenters. The number of unbranched alkanes of at least 4 members (excludes halogenated alkanes) is 2. The molecule has 1 heterocycles. The Kier molecular flexibility index (Phi) is 9.12. The summed E-state index contributed by atoms with van der Waals surface area (Å²) in [6, 6.07) is 14.2. The van der Waals surface area contributed by atoms with E-state index in [2.05, 4.69) is 12.2 Å². The van der Waals surface area contributed by atoms with E-state index in [1.54, 1.807) is 24.3 Å². The summed E-state index contributed by atoms with van der Waals surface area (Å²) in [6.07, 6.45) is 7.04. The molecule has 2 aromatic carbocycles. The third-order valence-electron chi connectivity index (χ3n) is 6.41. The van der Waals surface area contributed by atoms with Crippen LogP contribution in [0, 0.1) is 6.92 Å². The number of nitrogens with one attached hydrogen (secondary N) is 1. The van der Waals surface area contributed by atoms with Gasteiger partial charge in [-0.2, -0.15) is 0 Å². The van der Waals surface area contributed by atoms with Crippen LogP contribution >= 0.6 is 11.3 Å². The highest BCUT2D eigenvalue weighted by molar-refractivity contribution is 7.17. The summed E-state index contributed by atoms with van der Waals surface area (Å²) < 4.78 is 10.9. The second kappa shape index (κ2) is 12.7. The number of hydrogen-bond acceptors (Lipinski definition) is 6. The molecule has 0 saturated heterocycles. The van der Waals surface area contributed by atoms with Gasteiger partial charge in [-0.25, -0.2) is 4.79 Å². The SMILES string of the molecule is CCCCCOc1ccc(C(=O)OCC(=O)Nc2sc3c(c2C(=O)c2ccc(C)cc2)CCCC3)cc1. The van der Waals surface area contributed by atoms with Gasteiger partial charge in [0.1, 0.15) is 10.8 Å². The smallest absolute Gasteiger partial charge is 0.338 e. The monoisotopic (exact) mass is 519 g/mol. The first-order chi connectivity index (χ1) is 18.0. The lowest BCUT2D eigenvalue weighted by molar-refractivity contribution is -0.119. The summed E-state index contributed by atoms with van der Waals surface area (Å²) in [7, 11) is 0. The number of amides is 1. The van der Waals surface area contributed by atoms with Gasteiger partial charge in [0, 0.05) is 10.4 Å². The molecule has 3 aromatic rings. The summed E-state index contributed by atoms with van der Waals surface area (Å²) >= 11 is 1.45. The Morgan fingerprint density at radius 3 is 2.35 bits per heavy atom. The molecule has 37 heavy (non-hydrogen) atoms. The number of rotatable bonds is 11. The van der Waals surface area contributed by atoms with E-state index >= 15 is 0 Å². The summed E-state index contributed by atoms with van der Waals surface area (Å²) in [5, 5.41) is 3.37. The molecule has 0 saturated carbocycles. The molecule has 0 spiro atoms. The molecular formula is C30H33NO5S. The van der Waals surface area contributed by atoms with Crippen LogP contribution in [0.5, 0.6) is 5.75 Å². The van der Waals surface area contributed by atoms with Gasteiger partial charge < -0.3 is 14.8 Å². The quantitative estimate of drug-likeness (QED) is 0.177. The van der Waals surface area contributed by atoms with Crippen molar-refractivity contribution in [2.45, 2.75) is 58.8 Å². The second-order valence-corrected chi connectivity index (χ2v) is 10.4. The molecule has 1 aliphatic carbocycles. The van der Waals surface area contributed by atoms with Crippen molar-refractivity contribution in [2.24, 2.45) is 0 Å². The number of hydrogen-bond donors (Lipinski definition) is 1. The van der Waals surface area contributed by atoms with Crippen molar-refractivity contribution in [3.8, 4) is 5.75 Å². The summed E-state index contributed by atoms with van der Waals surface area (Å²) in [5.74, 6) is -0.462. The number of anilines is 1. The molecule has 1 amide bonds. The van der Waals surface area contributed by atoms with Crippen molar-refractivity contribution >= 4 is 34.0 Å². The molecule has 0 fully saturated rings. The molecule has 0 radical (unpaired) electrons. The van der Waals surface area contributed by atoms with Gasteiger partial charge in [0.2, 0.25) is 0 Å². The van der Waals surface area contributed by atoms with Crippen LogP contribution < -0.4 is 10.1 Å². The van der Waals surface area contributed by atoms with E-state index < -0.39 is 18.5 Å². The lowest BCUT2D eigenvalue weighted by Gasteiger charge is -2.13. The Bertz CT molecular complexity index is 1240. The normalized spacial score (nSPS) is 12.5. The number of carbonyl (C=O) groups is 3. The number of aryl methyl sites for hydroxylation is 2. The van der Waals surface area contributed by atoms with E-state index in [1.807, 2.05) is 31.2 Å². The van der Waals surface area contributed by atoms with Crippen LogP contribution in [0.3, 0.4) is 0 Å². The Morgan fingerprint density at radius 2 is 1.62 bits per heavy atom. The van der Waals surface area contributed by atoms with Gasteiger partial charge in [0.05, 0.1) is 17.7 Å². The maximum Gasteiger partial charge on any atom is 0.338 e. The van der Waals surface area contributed by atoms with Crippen LogP contribution in [0.1, 0.15) is 81.3 Å². The average Bonchev–Trinajstić information content (AvgIpc) is 3.27. The van der Waals surface area contributed by atoms with Gasteiger partial charge in [0.25, 0.3) is 5.91 Å². The highest BCUT2D eigenvalue weighted by Gasteiger charge is 2.27. The van der Waals surface area contributed by atoms with Crippen molar-refractivity contribution in [3.05, 3.63) is 81.2 Å². The van der Waals surface area contributed by atoms with Crippen molar-refractivity contribution in [1.29, 1.82) is 0 Å². The maximum atomic E-state index is 13.4. The fourth-order valence-electron chi connectivity index (χ4n) is 4.35. The van der Waals surface area contributed by atoms with Gasteiger partial charge in [-0.1, -0.05) is 49.6 Å². The van der Waals surface area contributed by atoms with Gasteiger partial charge in [-0.05, 0) is 68.9 Å². The number of ether oxygens (including phenoxy) is 2. The predicted molar refractivity (Wildman–Crippen MR) is 146 cm³/mol. The largest absolute Gasteiger partial charge is 0.494 e. The summed E-state index contributed by atoms with van der Waals surface area (Å²) in [6.45, 7) is 4.32.